The fourth-order valence-corrected chi connectivity index (χ4v) is 5.11. The standard InChI is InChI=1S/C30H60N2/c1-4-7-10-12-14-16-18-20-22-24-27-32-29-28-31(30(32)25-9-6-3)26-23-21-19-17-15-13-11-8-5-2/h28-30H,4-27H2,1-3H3. The van der Waals surface area contributed by atoms with Crippen LogP contribution in [0.25, 0.3) is 0 Å². The smallest absolute Gasteiger partial charge is 0.101 e. The summed E-state index contributed by atoms with van der Waals surface area (Å²) < 4.78 is 0. The van der Waals surface area contributed by atoms with Gasteiger partial charge < -0.3 is 9.80 Å². The lowest BCUT2D eigenvalue weighted by atomic mass is 10.1. The van der Waals surface area contributed by atoms with Crippen molar-refractivity contribution in [2.75, 3.05) is 13.1 Å². The molecule has 1 aliphatic heterocycles. The Hall–Kier alpha value is -0.660. The van der Waals surface area contributed by atoms with Gasteiger partial charge in [-0.3, -0.25) is 0 Å². The second-order valence-electron chi connectivity index (χ2n) is 10.4. The highest BCUT2D eigenvalue weighted by Gasteiger charge is 2.24. The van der Waals surface area contributed by atoms with Gasteiger partial charge in [-0.05, 0) is 25.7 Å². The molecule has 0 bridgehead atoms. The summed E-state index contributed by atoms with van der Waals surface area (Å²) >= 11 is 0. The Balaban J connectivity index is 2.11. The number of hydrogen-bond donors (Lipinski definition) is 0. The normalized spacial score (nSPS) is 15.9. The third-order valence-corrected chi connectivity index (χ3v) is 7.32. The Labute approximate surface area is 203 Å². The summed E-state index contributed by atoms with van der Waals surface area (Å²) in [5.74, 6) is 0. The van der Waals surface area contributed by atoms with Crippen molar-refractivity contribution in [3.8, 4) is 0 Å². The summed E-state index contributed by atoms with van der Waals surface area (Å²) in [6.45, 7) is 9.46. The van der Waals surface area contributed by atoms with Gasteiger partial charge in [-0.15, -0.1) is 0 Å². The van der Waals surface area contributed by atoms with Crippen molar-refractivity contribution in [1.29, 1.82) is 0 Å². The summed E-state index contributed by atoms with van der Waals surface area (Å²) in [4.78, 5) is 5.32. The van der Waals surface area contributed by atoms with Gasteiger partial charge in [0, 0.05) is 25.5 Å². The summed E-state index contributed by atoms with van der Waals surface area (Å²) in [5, 5.41) is 0. The van der Waals surface area contributed by atoms with E-state index in [-0.39, 0.29) is 0 Å². The molecule has 190 valence electrons. The molecule has 0 aromatic carbocycles. The van der Waals surface area contributed by atoms with Crippen LogP contribution in [-0.4, -0.2) is 29.1 Å². The van der Waals surface area contributed by atoms with Crippen LogP contribution in [0.15, 0.2) is 12.4 Å². The average Bonchev–Trinajstić information content (AvgIpc) is 3.19. The largest absolute Gasteiger partial charge is 0.356 e. The lowest BCUT2D eigenvalue weighted by Gasteiger charge is -2.33. The second kappa shape index (κ2) is 22.1. The molecule has 32 heavy (non-hydrogen) atoms. The zero-order chi connectivity index (χ0) is 23.1. The molecule has 0 N–H and O–H groups in total. The van der Waals surface area contributed by atoms with E-state index < -0.39 is 0 Å². The Morgan fingerprint density at radius 2 is 0.719 bits per heavy atom. The van der Waals surface area contributed by atoms with Crippen molar-refractivity contribution in [2.45, 2.75) is 168 Å². The van der Waals surface area contributed by atoms with Crippen LogP contribution in [0.2, 0.25) is 0 Å². The molecule has 0 aromatic rings. The molecule has 2 heteroatoms. The van der Waals surface area contributed by atoms with Crippen molar-refractivity contribution < 1.29 is 0 Å². The maximum atomic E-state index is 2.66. The fraction of sp³-hybridized carbons (Fsp3) is 0.933. The summed E-state index contributed by atoms with van der Waals surface area (Å²) in [6.07, 6.45) is 36.6. The van der Waals surface area contributed by atoms with Crippen molar-refractivity contribution in [3.63, 3.8) is 0 Å². The summed E-state index contributed by atoms with van der Waals surface area (Å²) in [6, 6.07) is 0. The van der Waals surface area contributed by atoms with Gasteiger partial charge in [0.2, 0.25) is 0 Å². The van der Waals surface area contributed by atoms with Crippen LogP contribution in [0.1, 0.15) is 162 Å². The van der Waals surface area contributed by atoms with Gasteiger partial charge in [0.1, 0.15) is 6.17 Å². The quantitative estimate of drug-likeness (QED) is 0.135. The van der Waals surface area contributed by atoms with Crippen LogP contribution < -0.4 is 0 Å². The van der Waals surface area contributed by atoms with Crippen molar-refractivity contribution >= 4 is 0 Å². The number of unbranched alkanes of at least 4 members (excludes halogenated alkanes) is 18. The predicted octanol–water partition coefficient (Wildman–Crippen LogP) is 10.0. The Morgan fingerprint density at radius 1 is 0.406 bits per heavy atom. The topological polar surface area (TPSA) is 6.48 Å². The monoisotopic (exact) mass is 448 g/mol. The van der Waals surface area contributed by atoms with Gasteiger partial charge in [-0.2, -0.15) is 0 Å². The molecule has 0 aliphatic carbocycles. The SMILES string of the molecule is CCCCCCCCCCCCN1C=CN(CCCCCCCCCCC)C1CCCC. The van der Waals surface area contributed by atoms with Gasteiger partial charge in [-0.25, -0.2) is 0 Å². The van der Waals surface area contributed by atoms with E-state index in [0.717, 1.165) is 0 Å². The van der Waals surface area contributed by atoms with E-state index in [1.54, 1.807) is 0 Å². The zero-order valence-corrected chi connectivity index (χ0v) is 22.6. The first-order chi connectivity index (χ1) is 15.8. The molecule has 1 heterocycles. The first-order valence-corrected chi connectivity index (χ1v) is 15.0. The number of nitrogens with zero attached hydrogens (tertiary/aromatic N) is 2. The highest BCUT2D eigenvalue weighted by molar-refractivity contribution is 4.96. The maximum absolute atomic E-state index is 2.66. The van der Waals surface area contributed by atoms with Crippen LogP contribution in [0.5, 0.6) is 0 Å². The van der Waals surface area contributed by atoms with Crippen LogP contribution >= 0.6 is 0 Å². The molecule has 0 amide bonds. The molecule has 1 rings (SSSR count). The van der Waals surface area contributed by atoms with E-state index in [0.29, 0.717) is 6.17 Å². The van der Waals surface area contributed by atoms with Crippen LogP contribution in [0.3, 0.4) is 0 Å². The van der Waals surface area contributed by atoms with Crippen molar-refractivity contribution in [2.24, 2.45) is 0 Å². The lowest BCUT2D eigenvalue weighted by Crippen LogP contribution is -2.39. The molecule has 0 fully saturated rings. The highest BCUT2D eigenvalue weighted by Crippen LogP contribution is 2.23. The van der Waals surface area contributed by atoms with E-state index in [9.17, 15) is 0 Å². The average molecular weight is 449 g/mol. The van der Waals surface area contributed by atoms with E-state index >= 15 is 0 Å². The molecule has 0 spiro atoms. The van der Waals surface area contributed by atoms with Gasteiger partial charge in [-0.1, -0.05) is 136 Å². The molecule has 0 aromatic heterocycles. The van der Waals surface area contributed by atoms with E-state index in [1.807, 2.05) is 0 Å². The molecule has 1 atom stereocenters. The van der Waals surface area contributed by atoms with Crippen molar-refractivity contribution in [1.82, 2.24) is 9.80 Å². The van der Waals surface area contributed by atoms with Crippen LogP contribution in [0.4, 0.5) is 0 Å². The molecular weight excluding hydrogens is 388 g/mol. The predicted molar refractivity (Wildman–Crippen MR) is 145 cm³/mol. The van der Waals surface area contributed by atoms with Crippen LogP contribution in [0, 0.1) is 0 Å². The first-order valence-electron chi connectivity index (χ1n) is 15.0. The number of rotatable bonds is 24. The molecule has 2 nitrogen and oxygen atoms in total. The minimum Gasteiger partial charge on any atom is -0.356 e. The number of hydrogen-bond acceptors (Lipinski definition) is 2. The Bertz CT molecular complexity index is 406. The van der Waals surface area contributed by atoms with E-state index in [4.69, 9.17) is 0 Å². The Morgan fingerprint density at radius 3 is 1.06 bits per heavy atom. The summed E-state index contributed by atoms with van der Waals surface area (Å²) in [7, 11) is 0. The van der Waals surface area contributed by atoms with Gasteiger partial charge in [0.15, 0.2) is 0 Å². The lowest BCUT2D eigenvalue weighted by molar-refractivity contribution is 0.136. The Kier molecular flexibility index (Phi) is 20.3. The zero-order valence-electron chi connectivity index (χ0n) is 22.6. The van der Waals surface area contributed by atoms with Crippen LogP contribution in [-0.2, 0) is 0 Å². The second-order valence-corrected chi connectivity index (χ2v) is 10.4. The third-order valence-electron chi connectivity index (χ3n) is 7.32. The van der Waals surface area contributed by atoms with E-state index in [1.165, 1.54) is 154 Å². The fourth-order valence-electron chi connectivity index (χ4n) is 5.11. The molecule has 1 unspecified atom stereocenters. The highest BCUT2D eigenvalue weighted by atomic mass is 15.4. The van der Waals surface area contributed by atoms with Gasteiger partial charge >= 0.3 is 0 Å². The van der Waals surface area contributed by atoms with Crippen molar-refractivity contribution in [3.05, 3.63) is 12.4 Å². The summed E-state index contributed by atoms with van der Waals surface area (Å²) in [5.41, 5.74) is 0. The third kappa shape index (κ3) is 15.2. The first kappa shape index (κ1) is 29.4. The molecule has 0 saturated heterocycles. The van der Waals surface area contributed by atoms with E-state index in [2.05, 4.69) is 43.0 Å². The minimum atomic E-state index is 0.641. The molecular formula is C30H60N2. The molecule has 0 saturated carbocycles. The minimum absolute atomic E-state index is 0.641. The maximum Gasteiger partial charge on any atom is 0.101 e. The van der Waals surface area contributed by atoms with Gasteiger partial charge in [0.05, 0.1) is 0 Å². The van der Waals surface area contributed by atoms with Gasteiger partial charge in [0.25, 0.3) is 0 Å². The molecule has 1 aliphatic rings. The molecule has 0 radical (unpaired) electrons.